The molecular weight excluding hydrogens is 126 g/mol. The lowest BCUT2D eigenvalue weighted by Gasteiger charge is -2.08. The molecule has 0 aromatic heterocycles. The minimum atomic E-state index is 0.177. The predicted molar refractivity (Wildman–Crippen MR) is 45.1 cm³/mol. The third-order valence-corrected chi connectivity index (χ3v) is 1.06. The Hall–Kier alpha value is -0.410. The van der Waals surface area contributed by atoms with Crippen LogP contribution in [0.15, 0.2) is 4.99 Å². The second-order valence-corrected chi connectivity index (χ2v) is 2.15. The summed E-state index contributed by atoms with van der Waals surface area (Å²) in [5, 5.41) is 0. The topological polar surface area (TPSA) is 36.4 Å². The summed E-state index contributed by atoms with van der Waals surface area (Å²) in [5.74, 6) is 0. The highest BCUT2D eigenvalue weighted by molar-refractivity contribution is 5.53. The Balaban J connectivity index is 3.13. The molecule has 0 bridgehead atoms. The predicted octanol–water partition coefficient (Wildman–Crippen LogP) is 0.927. The molecule has 0 saturated heterocycles. The van der Waals surface area contributed by atoms with Crippen molar-refractivity contribution < 1.29 is 0 Å². The summed E-state index contributed by atoms with van der Waals surface area (Å²) in [6.45, 7) is 7.03. The molecule has 10 heavy (non-hydrogen) atoms. The maximum absolute atomic E-state index is 4.10. The first-order valence-corrected chi connectivity index (χ1v) is 3.77. The van der Waals surface area contributed by atoms with Crippen molar-refractivity contribution >= 4 is 6.21 Å². The summed E-state index contributed by atoms with van der Waals surface area (Å²) in [7, 11) is 0. The molecule has 0 aromatic carbocycles. The second kappa shape index (κ2) is 6.71. The van der Waals surface area contributed by atoms with Gasteiger partial charge in [0.2, 0.25) is 0 Å². The van der Waals surface area contributed by atoms with Crippen LogP contribution in [0.3, 0.4) is 0 Å². The van der Waals surface area contributed by atoms with E-state index in [1.54, 1.807) is 6.21 Å². The fourth-order valence-electron chi connectivity index (χ4n) is 0.606. The molecule has 3 nitrogen and oxygen atoms in total. The van der Waals surface area contributed by atoms with E-state index in [2.05, 4.69) is 22.8 Å². The van der Waals surface area contributed by atoms with Crippen LogP contribution in [0.5, 0.6) is 0 Å². The SMILES string of the molecule is CC=NC(C)NNCCC. The summed E-state index contributed by atoms with van der Waals surface area (Å²) < 4.78 is 0. The summed E-state index contributed by atoms with van der Waals surface area (Å²) in [6, 6.07) is 0. The zero-order chi connectivity index (χ0) is 7.82. The normalized spacial score (nSPS) is 14.3. The fourth-order valence-corrected chi connectivity index (χ4v) is 0.606. The molecule has 0 radical (unpaired) electrons. The lowest BCUT2D eigenvalue weighted by Crippen LogP contribution is -2.38. The minimum absolute atomic E-state index is 0.177. The molecular formula is C7H17N3. The third-order valence-electron chi connectivity index (χ3n) is 1.06. The van der Waals surface area contributed by atoms with E-state index >= 15 is 0 Å². The molecule has 0 aliphatic heterocycles. The van der Waals surface area contributed by atoms with Gasteiger partial charge < -0.3 is 0 Å². The average molecular weight is 143 g/mol. The quantitative estimate of drug-likeness (QED) is 0.341. The van der Waals surface area contributed by atoms with E-state index in [4.69, 9.17) is 0 Å². The fraction of sp³-hybridized carbons (Fsp3) is 0.857. The Morgan fingerprint density at radius 3 is 2.80 bits per heavy atom. The van der Waals surface area contributed by atoms with Gasteiger partial charge in [-0.3, -0.25) is 10.4 Å². The van der Waals surface area contributed by atoms with Crippen LogP contribution >= 0.6 is 0 Å². The van der Waals surface area contributed by atoms with Gasteiger partial charge in [-0.25, -0.2) is 5.43 Å². The van der Waals surface area contributed by atoms with Gasteiger partial charge in [0, 0.05) is 6.54 Å². The van der Waals surface area contributed by atoms with Gasteiger partial charge in [0.1, 0.15) is 6.17 Å². The van der Waals surface area contributed by atoms with Gasteiger partial charge in [-0.2, -0.15) is 0 Å². The molecule has 0 aliphatic rings. The monoisotopic (exact) mass is 143 g/mol. The highest BCUT2D eigenvalue weighted by Crippen LogP contribution is 1.78. The number of aliphatic imine (C=N–C) groups is 1. The van der Waals surface area contributed by atoms with Crippen molar-refractivity contribution in [2.45, 2.75) is 33.4 Å². The first kappa shape index (κ1) is 9.59. The molecule has 1 unspecified atom stereocenters. The Labute approximate surface area is 62.9 Å². The molecule has 0 saturated carbocycles. The molecule has 0 heterocycles. The summed E-state index contributed by atoms with van der Waals surface area (Å²) in [6.07, 6.45) is 3.11. The zero-order valence-electron chi connectivity index (χ0n) is 7.02. The number of hydrazine groups is 1. The molecule has 2 N–H and O–H groups in total. The van der Waals surface area contributed by atoms with Crippen molar-refractivity contribution in [2.24, 2.45) is 4.99 Å². The number of rotatable bonds is 5. The van der Waals surface area contributed by atoms with Crippen LogP contribution < -0.4 is 10.9 Å². The molecule has 0 amide bonds. The van der Waals surface area contributed by atoms with E-state index in [9.17, 15) is 0 Å². The van der Waals surface area contributed by atoms with Crippen LogP contribution in [0, 0.1) is 0 Å². The van der Waals surface area contributed by atoms with Gasteiger partial charge in [0.25, 0.3) is 0 Å². The lowest BCUT2D eigenvalue weighted by molar-refractivity contribution is 0.462. The van der Waals surface area contributed by atoms with Gasteiger partial charge in [-0.15, -0.1) is 0 Å². The summed E-state index contributed by atoms with van der Waals surface area (Å²) in [5.41, 5.74) is 6.09. The molecule has 0 aromatic rings. The van der Waals surface area contributed by atoms with Crippen molar-refractivity contribution in [2.75, 3.05) is 6.54 Å². The maximum Gasteiger partial charge on any atom is 0.108 e. The van der Waals surface area contributed by atoms with Crippen LogP contribution in [0.4, 0.5) is 0 Å². The van der Waals surface area contributed by atoms with Crippen molar-refractivity contribution in [1.82, 2.24) is 10.9 Å². The molecule has 0 fully saturated rings. The first-order valence-electron chi connectivity index (χ1n) is 3.77. The van der Waals surface area contributed by atoms with Gasteiger partial charge in [0.05, 0.1) is 0 Å². The van der Waals surface area contributed by atoms with Crippen LogP contribution in [-0.4, -0.2) is 18.9 Å². The van der Waals surface area contributed by atoms with Gasteiger partial charge >= 0.3 is 0 Å². The Kier molecular flexibility index (Phi) is 6.43. The van der Waals surface area contributed by atoms with E-state index in [1.807, 2.05) is 13.8 Å². The molecule has 60 valence electrons. The molecule has 0 rings (SSSR count). The van der Waals surface area contributed by atoms with E-state index in [0.29, 0.717) is 0 Å². The van der Waals surface area contributed by atoms with Crippen LogP contribution in [0.2, 0.25) is 0 Å². The molecule has 0 aliphatic carbocycles. The first-order chi connectivity index (χ1) is 4.81. The number of hydrogen-bond donors (Lipinski definition) is 2. The highest BCUT2D eigenvalue weighted by atomic mass is 15.4. The van der Waals surface area contributed by atoms with E-state index in [-0.39, 0.29) is 6.17 Å². The Morgan fingerprint density at radius 2 is 2.30 bits per heavy atom. The minimum Gasteiger partial charge on any atom is -0.278 e. The van der Waals surface area contributed by atoms with E-state index in [0.717, 1.165) is 13.0 Å². The average Bonchev–Trinajstić information content (AvgIpc) is 1.89. The lowest BCUT2D eigenvalue weighted by atomic mass is 10.5. The van der Waals surface area contributed by atoms with Crippen LogP contribution in [-0.2, 0) is 0 Å². The number of nitrogens with one attached hydrogen (secondary N) is 2. The summed E-state index contributed by atoms with van der Waals surface area (Å²) in [4.78, 5) is 4.10. The second-order valence-electron chi connectivity index (χ2n) is 2.15. The van der Waals surface area contributed by atoms with Gasteiger partial charge in [-0.1, -0.05) is 6.92 Å². The standard InChI is InChI=1S/C7H17N3/c1-4-6-9-10-7(3)8-5-2/h5,7,9-10H,4,6H2,1-3H3. The van der Waals surface area contributed by atoms with Crippen molar-refractivity contribution in [3.63, 3.8) is 0 Å². The number of hydrogen-bond acceptors (Lipinski definition) is 3. The van der Waals surface area contributed by atoms with E-state index < -0.39 is 0 Å². The van der Waals surface area contributed by atoms with Crippen molar-refractivity contribution in [1.29, 1.82) is 0 Å². The van der Waals surface area contributed by atoms with Crippen LogP contribution in [0.25, 0.3) is 0 Å². The Morgan fingerprint density at radius 1 is 1.60 bits per heavy atom. The van der Waals surface area contributed by atoms with E-state index in [1.165, 1.54) is 0 Å². The highest BCUT2D eigenvalue weighted by Gasteiger charge is 1.91. The Bertz CT molecular complexity index is 90.9. The zero-order valence-corrected chi connectivity index (χ0v) is 7.02. The molecule has 0 spiro atoms. The summed E-state index contributed by atoms with van der Waals surface area (Å²) >= 11 is 0. The smallest absolute Gasteiger partial charge is 0.108 e. The van der Waals surface area contributed by atoms with Crippen LogP contribution in [0.1, 0.15) is 27.2 Å². The maximum atomic E-state index is 4.10. The number of nitrogens with zero attached hydrogens (tertiary/aromatic N) is 1. The largest absolute Gasteiger partial charge is 0.278 e. The van der Waals surface area contributed by atoms with Gasteiger partial charge in [-0.05, 0) is 26.5 Å². The van der Waals surface area contributed by atoms with Crippen molar-refractivity contribution in [3.8, 4) is 0 Å². The molecule has 3 heteroatoms. The van der Waals surface area contributed by atoms with Gasteiger partial charge in [0.15, 0.2) is 0 Å². The molecule has 1 atom stereocenters. The van der Waals surface area contributed by atoms with Crippen molar-refractivity contribution in [3.05, 3.63) is 0 Å². The third kappa shape index (κ3) is 5.72.